The normalized spacial score (nSPS) is 16.7. The molecule has 1 saturated heterocycles. The summed E-state index contributed by atoms with van der Waals surface area (Å²) in [7, 11) is 4.04. The smallest absolute Gasteiger partial charge is 0.410 e. The van der Waals surface area contributed by atoms with Gasteiger partial charge in [0.2, 0.25) is 5.91 Å². The van der Waals surface area contributed by atoms with Crippen molar-refractivity contribution in [1.82, 2.24) is 15.1 Å². The Labute approximate surface area is 134 Å². The maximum Gasteiger partial charge on any atom is 0.410 e. The first kappa shape index (κ1) is 18.7. The van der Waals surface area contributed by atoms with Crippen LogP contribution in [0, 0.1) is 5.92 Å². The maximum atomic E-state index is 12.1. The van der Waals surface area contributed by atoms with E-state index in [9.17, 15) is 9.59 Å². The minimum atomic E-state index is -0.474. The van der Waals surface area contributed by atoms with Gasteiger partial charge in [-0.15, -0.1) is 0 Å². The quantitative estimate of drug-likeness (QED) is 0.785. The summed E-state index contributed by atoms with van der Waals surface area (Å²) >= 11 is 0. The highest BCUT2D eigenvalue weighted by atomic mass is 16.6. The Hall–Kier alpha value is -1.30. The van der Waals surface area contributed by atoms with Crippen LogP contribution in [0.3, 0.4) is 0 Å². The number of carbonyl (C=O) groups excluding carboxylic acids is 2. The number of nitrogens with zero attached hydrogens (tertiary/aromatic N) is 2. The van der Waals surface area contributed by atoms with Crippen molar-refractivity contribution in [2.24, 2.45) is 5.92 Å². The number of rotatable bonds is 5. The van der Waals surface area contributed by atoms with E-state index in [4.69, 9.17) is 4.74 Å². The summed E-state index contributed by atoms with van der Waals surface area (Å²) in [5.41, 5.74) is -0.474. The first-order valence-corrected chi connectivity index (χ1v) is 8.09. The second-order valence-electron chi connectivity index (χ2n) is 7.19. The molecule has 0 aromatic carbocycles. The Morgan fingerprint density at radius 2 is 1.82 bits per heavy atom. The maximum absolute atomic E-state index is 12.1. The van der Waals surface area contributed by atoms with E-state index < -0.39 is 5.60 Å². The van der Waals surface area contributed by atoms with Gasteiger partial charge in [-0.3, -0.25) is 4.79 Å². The second-order valence-corrected chi connectivity index (χ2v) is 7.19. The van der Waals surface area contributed by atoms with Crippen LogP contribution in [0.5, 0.6) is 0 Å². The van der Waals surface area contributed by atoms with Crippen LogP contribution < -0.4 is 5.32 Å². The summed E-state index contributed by atoms with van der Waals surface area (Å²) in [5.74, 6) is 0.126. The molecule has 6 nitrogen and oxygen atoms in total. The molecule has 0 unspecified atom stereocenters. The molecule has 0 bridgehead atoms. The number of ether oxygens (including phenoxy) is 1. The monoisotopic (exact) mass is 313 g/mol. The summed E-state index contributed by atoms with van der Waals surface area (Å²) in [5, 5.41) is 2.99. The molecular weight excluding hydrogens is 282 g/mol. The summed E-state index contributed by atoms with van der Waals surface area (Å²) in [4.78, 5) is 27.9. The number of hydrogen-bond acceptors (Lipinski definition) is 4. The minimum absolute atomic E-state index is 0.0121. The van der Waals surface area contributed by atoms with Gasteiger partial charge in [-0.25, -0.2) is 4.79 Å². The van der Waals surface area contributed by atoms with Crippen LogP contribution in [-0.4, -0.2) is 67.7 Å². The van der Waals surface area contributed by atoms with Gasteiger partial charge >= 0.3 is 6.09 Å². The molecule has 0 atom stereocenters. The molecule has 1 rings (SSSR count). The molecule has 2 amide bonds. The lowest BCUT2D eigenvalue weighted by atomic mass is 9.96. The molecule has 1 heterocycles. The predicted molar refractivity (Wildman–Crippen MR) is 86.7 cm³/mol. The van der Waals surface area contributed by atoms with E-state index in [0.717, 1.165) is 13.0 Å². The molecule has 22 heavy (non-hydrogen) atoms. The molecular formula is C16H31N3O3. The average Bonchev–Trinajstić information content (AvgIpc) is 2.41. The van der Waals surface area contributed by atoms with Gasteiger partial charge < -0.3 is 19.9 Å². The highest BCUT2D eigenvalue weighted by molar-refractivity contribution is 5.79. The standard InChI is InChI=1S/C16H31N3O3/c1-16(2,3)22-15(21)19-11-7-13(8-12-19)14(20)17-9-6-10-18(4)5/h13H,6-12H2,1-5H3,(H,17,20). The third-order valence-corrected chi connectivity index (χ3v) is 3.60. The minimum Gasteiger partial charge on any atom is -0.444 e. The molecule has 6 heteroatoms. The predicted octanol–water partition coefficient (Wildman–Crippen LogP) is 1.70. The number of amides is 2. The van der Waals surface area contributed by atoms with Gasteiger partial charge in [-0.2, -0.15) is 0 Å². The van der Waals surface area contributed by atoms with Gasteiger partial charge in [0.05, 0.1) is 0 Å². The molecule has 0 radical (unpaired) electrons. The molecule has 1 aliphatic rings. The van der Waals surface area contributed by atoms with Crippen molar-refractivity contribution in [3.05, 3.63) is 0 Å². The lowest BCUT2D eigenvalue weighted by Crippen LogP contribution is -2.45. The molecule has 128 valence electrons. The SMILES string of the molecule is CN(C)CCCNC(=O)C1CCN(C(=O)OC(C)(C)C)CC1. The lowest BCUT2D eigenvalue weighted by molar-refractivity contribution is -0.126. The van der Waals surface area contributed by atoms with Crippen molar-refractivity contribution in [2.45, 2.75) is 45.6 Å². The fourth-order valence-electron chi connectivity index (χ4n) is 2.40. The third kappa shape index (κ3) is 7.11. The lowest BCUT2D eigenvalue weighted by Gasteiger charge is -2.32. The third-order valence-electron chi connectivity index (χ3n) is 3.60. The molecule has 0 saturated carbocycles. The summed E-state index contributed by atoms with van der Waals surface area (Å²) in [6.07, 6.45) is 2.09. The first-order chi connectivity index (χ1) is 10.2. The molecule has 0 aliphatic carbocycles. The van der Waals surface area contributed by atoms with Gasteiger partial charge in [0.15, 0.2) is 0 Å². The van der Waals surface area contributed by atoms with E-state index in [1.54, 1.807) is 4.90 Å². The van der Waals surface area contributed by atoms with Crippen molar-refractivity contribution in [1.29, 1.82) is 0 Å². The zero-order valence-electron chi connectivity index (χ0n) is 14.6. The zero-order valence-corrected chi connectivity index (χ0v) is 14.6. The van der Waals surface area contributed by atoms with Crippen molar-refractivity contribution >= 4 is 12.0 Å². The second kappa shape index (κ2) is 8.36. The van der Waals surface area contributed by atoms with E-state index in [0.29, 0.717) is 32.5 Å². The van der Waals surface area contributed by atoms with Gasteiger partial charge in [0, 0.05) is 25.6 Å². The van der Waals surface area contributed by atoms with Gasteiger partial charge in [-0.1, -0.05) is 0 Å². The van der Waals surface area contributed by atoms with Crippen LogP contribution in [0.1, 0.15) is 40.0 Å². The molecule has 0 spiro atoms. The molecule has 1 aliphatic heterocycles. The van der Waals surface area contributed by atoms with Gasteiger partial charge in [0.1, 0.15) is 5.60 Å². The number of carbonyl (C=O) groups is 2. The van der Waals surface area contributed by atoms with E-state index in [1.807, 2.05) is 34.9 Å². The zero-order chi connectivity index (χ0) is 16.8. The fraction of sp³-hybridized carbons (Fsp3) is 0.875. The highest BCUT2D eigenvalue weighted by Gasteiger charge is 2.29. The van der Waals surface area contributed by atoms with Crippen LogP contribution in [0.15, 0.2) is 0 Å². The Morgan fingerprint density at radius 3 is 2.32 bits per heavy atom. The van der Waals surface area contributed by atoms with Crippen molar-refractivity contribution in [3.8, 4) is 0 Å². The largest absolute Gasteiger partial charge is 0.444 e. The van der Waals surface area contributed by atoms with E-state index >= 15 is 0 Å². The molecule has 1 N–H and O–H groups in total. The first-order valence-electron chi connectivity index (χ1n) is 8.09. The summed E-state index contributed by atoms with van der Waals surface area (Å²) in [6, 6.07) is 0. The molecule has 1 fully saturated rings. The van der Waals surface area contributed by atoms with Crippen LogP contribution in [-0.2, 0) is 9.53 Å². The van der Waals surface area contributed by atoms with Crippen molar-refractivity contribution in [3.63, 3.8) is 0 Å². The topological polar surface area (TPSA) is 61.9 Å². The number of hydrogen-bond donors (Lipinski definition) is 1. The van der Waals surface area contributed by atoms with Crippen molar-refractivity contribution < 1.29 is 14.3 Å². The van der Waals surface area contributed by atoms with Crippen LogP contribution in [0.2, 0.25) is 0 Å². The van der Waals surface area contributed by atoms with Crippen molar-refractivity contribution in [2.75, 3.05) is 40.3 Å². The van der Waals surface area contributed by atoms with Crippen LogP contribution in [0.4, 0.5) is 4.79 Å². The Morgan fingerprint density at radius 1 is 1.23 bits per heavy atom. The Balaban J connectivity index is 2.27. The Bertz CT molecular complexity index is 369. The van der Waals surface area contributed by atoms with Gasteiger partial charge in [0.25, 0.3) is 0 Å². The number of nitrogens with one attached hydrogen (secondary N) is 1. The van der Waals surface area contributed by atoms with E-state index in [1.165, 1.54) is 0 Å². The van der Waals surface area contributed by atoms with E-state index in [-0.39, 0.29) is 17.9 Å². The summed E-state index contributed by atoms with van der Waals surface area (Å²) < 4.78 is 5.36. The molecule has 0 aromatic rings. The number of likely N-dealkylation sites (tertiary alicyclic amines) is 1. The van der Waals surface area contributed by atoms with Gasteiger partial charge in [-0.05, 0) is 60.7 Å². The molecule has 0 aromatic heterocycles. The van der Waals surface area contributed by atoms with Crippen LogP contribution >= 0.6 is 0 Å². The number of piperidine rings is 1. The fourth-order valence-corrected chi connectivity index (χ4v) is 2.40. The Kier molecular flexibility index (Phi) is 7.13. The summed E-state index contributed by atoms with van der Waals surface area (Å²) in [6.45, 7) is 8.44. The van der Waals surface area contributed by atoms with Crippen LogP contribution in [0.25, 0.3) is 0 Å². The van der Waals surface area contributed by atoms with E-state index in [2.05, 4.69) is 10.2 Å². The highest BCUT2D eigenvalue weighted by Crippen LogP contribution is 2.19. The average molecular weight is 313 g/mol.